The molecule has 1 aliphatic heterocycles. The fraction of sp³-hybridized carbons (Fsp3) is 0.533. The van der Waals surface area contributed by atoms with Crippen LogP contribution in [0.1, 0.15) is 31.7 Å². The van der Waals surface area contributed by atoms with Gasteiger partial charge in [0, 0.05) is 18.0 Å². The maximum absolute atomic E-state index is 12.3. The first-order chi connectivity index (χ1) is 8.66. The fourth-order valence-electron chi connectivity index (χ4n) is 2.24. The lowest BCUT2D eigenvalue weighted by Crippen LogP contribution is -2.40. The predicted octanol–water partition coefficient (Wildman–Crippen LogP) is 3.49. The summed E-state index contributed by atoms with van der Waals surface area (Å²) in [5.74, 6) is 0.292. The van der Waals surface area contributed by atoms with Crippen LogP contribution in [-0.2, 0) is 4.79 Å². The molecular formula is C15H21NOS. The highest BCUT2D eigenvalue weighted by Gasteiger charge is 2.22. The van der Waals surface area contributed by atoms with Crippen molar-refractivity contribution >= 4 is 17.7 Å². The molecule has 1 atom stereocenters. The van der Waals surface area contributed by atoms with E-state index in [0.717, 1.165) is 25.9 Å². The van der Waals surface area contributed by atoms with Gasteiger partial charge in [-0.2, -0.15) is 0 Å². The van der Waals surface area contributed by atoms with Crippen molar-refractivity contribution < 1.29 is 4.79 Å². The van der Waals surface area contributed by atoms with E-state index < -0.39 is 0 Å². The molecule has 1 fully saturated rings. The van der Waals surface area contributed by atoms with Crippen LogP contribution < -0.4 is 0 Å². The lowest BCUT2D eigenvalue weighted by Gasteiger charge is -2.29. The molecular weight excluding hydrogens is 242 g/mol. The molecule has 0 bridgehead atoms. The Labute approximate surface area is 114 Å². The smallest absolute Gasteiger partial charge is 0.235 e. The van der Waals surface area contributed by atoms with Gasteiger partial charge in [-0.15, -0.1) is 11.8 Å². The second-order valence-electron chi connectivity index (χ2n) is 4.96. The Kier molecular flexibility index (Phi) is 4.70. The van der Waals surface area contributed by atoms with Gasteiger partial charge in [-0.05, 0) is 45.2 Å². The summed E-state index contributed by atoms with van der Waals surface area (Å²) in [6.07, 6.45) is 3.59. The molecule has 0 radical (unpaired) electrons. The number of aryl methyl sites for hydroxylation is 1. The van der Waals surface area contributed by atoms with Crippen LogP contribution in [-0.4, -0.2) is 29.1 Å². The van der Waals surface area contributed by atoms with E-state index in [-0.39, 0.29) is 5.25 Å². The summed E-state index contributed by atoms with van der Waals surface area (Å²) in [6.45, 7) is 5.98. The van der Waals surface area contributed by atoms with Crippen molar-refractivity contribution in [2.45, 2.75) is 43.3 Å². The third-order valence-electron chi connectivity index (χ3n) is 3.35. The summed E-state index contributed by atoms with van der Waals surface area (Å²) >= 11 is 1.66. The van der Waals surface area contributed by atoms with Gasteiger partial charge < -0.3 is 4.90 Å². The SMILES string of the molecule is Cc1ccc(SC(C)C(=O)N2CCCCC2)cc1. The molecule has 0 spiro atoms. The van der Waals surface area contributed by atoms with Gasteiger partial charge in [0.05, 0.1) is 5.25 Å². The zero-order chi connectivity index (χ0) is 13.0. The van der Waals surface area contributed by atoms with E-state index in [0.29, 0.717) is 5.91 Å². The van der Waals surface area contributed by atoms with Gasteiger partial charge >= 0.3 is 0 Å². The highest BCUT2D eigenvalue weighted by Crippen LogP contribution is 2.25. The van der Waals surface area contributed by atoms with E-state index >= 15 is 0 Å². The number of benzene rings is 1. The molecule has 1 aliphatic rings. The number of hydrogen-bond acceptors (Lipinski definition) is 2. The van der Waals surface area contributed by atoms with Crippen LogP contribution in [0.4, 0.5) is 0 Å². The number of hydrogen-bond donors (Lipinski definition) is 0. The van der Waals surface area contributed by atoms with Crippen molar-refractivity contribution in [1.29, 1.82) is 0 Å². The minimum absolute atomic E-state index is 0.0193. The minimum atomic E-state index is 0.0193. The van der Waals surface area contributed by atoms with Crippen molar-refractivity contribution in [2.75, 3.05) is 13.1 Å². The Morgan fingerprint density at radius 2 is 1.78 bits per heavy atom. The van der Waals surface area contributed by atoms with E-state index in [1.54, 1.807) is 11.8 Å². The van der Waals surface area contributed by atoms with Crippen LogP contribution >= 0.6 is 11.8 Å². The molecule has 0 aliphatic carbocycles. The van der Waals surface area contributed by atoms with Crippen molar-refractivity contribution in [1.82, 2.24) is 4.90 Å². The highest BCUT2D eigenvalue weighted by atomic mass is 32.2. The molecule has 3 heteroatoms. The first kappa shape index (κ1) is 13.5. The van der Waals surface area contributed by atoms with Crippen LogP contribution in [0, 0.1) is 6.92 Å². The zero-order valence-electron chi connectivity index (χ0n) is 11.2. The van der Waals surface area contributed by atoms with Crippen LogP contribution in [0.2, 0.25) is 0 Å². The molecule has 0 aromatic heterocycles. The minimum Gasteiger partial charge on any atom is -0.342 e. The maximum Gasteiger partial charge on any atom is 0.235 e. The predicted molar refractivity (Wildman–Crippen MR) is 76.9 cm³/mol. The van der Waals surface area contributed by atoms with Crippen molar-refractivity contribution in [3.63, 3.8) is 0 Å². The molecule has 1 aromatic rings. The fourth-order valence-corrected chi connectivity index (χ4v) is 3.19. The number of carbonyl (C=O) groups is 1. The average molecular weight is 263 g/mol. The van der Waals surface area contributed by atoms with Gasteiger partial charge in [-0.25, -0.2) is 0 Å². The Morgan fingerprint density at radius 3 is 2.39 bits per heavy atom. The Hall–Kier alpha value is -0.960. The monoisotopic (exact) mass is 263 g/mol. The summed E-state index contributed by atoms with van der Waals surface area (Å²) in [7, 11) is 0. The molecule has 18 heavy (non-hydrogen) atoms. The Bertz CT molecular complexity index is 395. The van der Waals surface area contributed by atoms with Crippen molar-refractivity contribution in [3.8, 4) is 0 Å². The number of piperidine rings is 1. The number of amides is 1. The molecule has 98 valence electrons. The number of thioether (sulfide) groups is 1. The number of likely N-dealkylation sites (tertiary alicyclic amines) is 1. The molecule has 1 aromatic carbocycles. The van der Waals surface area contributed by atoms with Crippen molar-refractivity contribution in [2.24, 2.45) is 0 Å². The molecule has 0 saturated carbocycles. The Morgan fingerprint density at radius 1 is 1.17 bits per heavy atom. The summed E-state index contributed by atoms with van der Waals surface area (Å²) in [5, 5.41) is 0.0193. The highest BCUT2D eigenvalue weighted by molar-refractivity contribution is 8.00. The van der Waals surface area contributed by atoms with Gasteiger partial charge in [-0.3, -0.25) is 4.79 Å². The van der Waals surface area contributed by atoms with Crippen molar-refractivity contribution in [3.05, 3.63) is 29.8 Å². The van der Waals surface area contributed by atoms with Gasteiger partial charge in [0.25, 0.3) is 0 Å². The second kappa shape index (κ2) is 6.28. The average Bonchev–Trinajstić information content (AvgIpc) is 2.41. The van der Waals surface area contributed by atoms with E-state index in [4.69, 9.17) is 0 Å². The lowest BCUT2D eigenvalue weighted by molar-refractivity contribution is -0.131. The van der Waals surface area contributed by atoms with E-state index in [9.17, 15) is 4.79 Å². The van der Waals surface area contributed by atoms with Crippen LogP contribution in [0.15, 0.2) is 29.2 Å². The third kappa shape index (κ3) is 3.52. The number of nitrogens with zero attached hydrogens (tertiary/aromatic N) is 1. The topological polar surface area (TPSA) is 20.3 Å². The van der Waals surface area contributed by atoms with E-state index in [1.807, 2.05) is 11.8 Å². The number of rotatable bonds is 3. The van der Waals surface area contributed by atoms with E-state index in [2.05, 4.69) is 31.2 Å². The van der Waals surface area contributed by atoms with Gasteiger partial charge in [-0.1, -0.05) is 17.7 Å². The van der Waals surface area contributed by atoms with Gasteiger partial charge in [0.15, 0.2) is 0 Å². The quantitative estimate of drug-likeness (QED) is 0.778. The summed E-state index contributed by atoms with van der Waals surface area (Å²) < 4.78 is 0. The summed E-state index contributed by atoms with van der Waals surface area (Å²) in [5.41, 5.74) is 1.26. The molecule has 1 amide bonds. The molecule has 1 heterocycles. The first-order valence-corrected chi connectivity index (χ1v) is 7.57. The van der Waals surface area contributed by atoms with Gasteiger partial charge in [0.2, 0.25) is 5.91 Å². The molecule has 0 N–H and O–H groups in total. The summed E-state index contributed by atoms with van der Waals surface area (Å²) in [6, 6.07) is 8.39. The normalized spacial score (nSPS) is 17.6. The van der Waals surface area contributed by atoms with Crippen LogP contribution in [0.5, 0.6) is 0 Å². The Balaban J connectivity index is 1.92. The lowest BCUT2D eigenvalue weighted by atomic mass is 10.1. The third-order valence-corrected chi connectivity index (χ3v) is 4.45. The molecule has 2 rings (SSSR count). The molecule has 1 unspecified atom stereocenters. The maximum atomic E-state index is 12.3. The molecule has 1 saturated heterocycles. The standard InChI is InChI=1S/C15H21NOS/c1-12-6-8-14(9-7-12)18-13(2)15(17)16-10-4-3-5-11-16/h6-9,13H,3-5,10-11H2,1-2H3. The molecule has 2 nitrogen and oxygen atoms in total. The number of carbonyl (C=O) groups excluding carboxylic acids is 1. The second-order valence-corrected chi connectivity index (χ2v) is 6.37. The van der Waals surface area contributed by atoms with Crippen LogP contribution in [0.3, 0.4) is 0 Å². The summed E-state index contributed by atoms with van der Waals surface area (Å²) in [4.78, 5) is 15.5. The first-order valence-electron chi connectivity index (χ1n) is 6.69. The van der Waals surface area contributed by atoms with E-state index in [1.165, 1.54) is 16.9 Å². The zero-order valence-corrected chi connectivity index (χ0v) is 12.0. The van der Waals surface area contributed by atoms with Gasteiger partial charge in [0.1, 0.15) is 0 Å². The van der Waals surface area contributed by atoms with Crippen LogP contribution in [0.25, 0.3) is 0 Å². The largest absolute Gasteiger partial charge is 0.342 e.